The number of furan rings is 1. The van der Waals surface area contributed by atoms with Crippen LogP contribution in [0.2, 0.25) is 0 Å². The van der Waals surface area contributed by atoms with Gasteiger partial charge in [-0.3, -0.25) is 0 Å². The summed E-state index contributed by atoms with van der Waals surface area (Å²) in [6.45, 7) is 7.81. The van der Waals surface area contributed by atoms with E-state index in [1.807, 2.05) is 52.0 Å². The summed E-state index contributed by atoms with van der Waals surface area (Å²) in [7, 11) is 1.48. The van der Waals surface area contributed by atoms with E-state index in [2.05, 4.69) is 5.32 Å². The highest BCUT2D eigenvalue weighted by Gasteiger charge is 2.23. The third kappa shape index (κ3) is 4.69. The number of methoxy groups -OCH3 is 1. The molecular formula is C25H27N3O5. The molecule has 0 unspecified atom stereocenters. The van der Waals surface area contributed by atoms with E-state index >= 15 is 0 Å². The Morgan fingerprint density at radius 2 is 1.85 bits per heavy atom. The Hall–Kier alpha value is -4.20. The number of aromatic carboxylic acids is 1. The normalized spacial score (nSPS) is 10.3. The van der Waals surface area contributed by atoms with Gasteiger partial charge in [-0.25, -0.2) is 9.48 Å². The predicted molar refractivity (Wildman–Crippen MR) is 127 cm³/mol. The quantitative estimate of drug-likeness (QED) is 0.334. The molecular weight excluding hydrogens is 422 g/mol. The number of benzene rings is 2. The molecule has 2 aromatic heterocycles. The molecule has 4 aromatic rings. The van der Waals surface area contributed by atoms with E-state index in [0.29, 0.717) is 34.1 Å². The van der Waals surface area contributed by atoms with Crippen LogP contribution in [0.3, 0.4) is 0 Å². The van der Waals surface area contributed by atoms with Crippen molar-refractivity contribution in [1.29, 1.82) is 0 Å². The molecule has 172 valence electrons. The van der Waals surface area contributed by atoms with Crippen molar-refractivity contribution in [3.8, 4) is 28.5 Å². The number of nitrogens with one attached hydrogen (secondary N) is 1. The van der Waals surface area contributed by atoms with Gasteiger partial charge in [-0.05, 0) is 43.7 Å². The molecule has 0 fully saturated rings. The molecule has 33 heavy (non-hydrogen) atoms. The second-order valence-corrected chi connectivity index (χ2v) is 7.02. The maximum Gasteiger partial charge on any atom is 0.337 e. The highest BCUT2D eigenvalue weighted by Crippen LogP contribution is 2.38. The van der Waals surface area contributed by atoms with Gasteiger partial charge in [0, 0.05) is 11.6 Å². The minimum absolute atomic E-state index is 0.0514. The van der Waals surface area contributed by atoms with E-state index in [9.17, 15) is 15.0 Å². The zero-order valence-corrected chi connectivity index (χ0v) is 19.2. The van der Waals surface area contributed by atoms with Crippen LogP contribution in [0, 0.1) is 13.8 Å². The molecule has 0 aliphatic rings. The molecule has 0 saturated heterocycles. The van der Waals surface area contributed by atoms with Crippen molar-refractivity contribution in [2.24, 2.45) is 0 Å². The van der Waals surface area contributed by atoms with Gasteiger partial charge in [0.2, 0.25) is 0 Å². The van der Waals surface area contributed by atoms with Crippen LogP contribution >= 0.6 is 0 Å². The number of hydrogen-bond acceptors (Lipinski definition) is 6. The van der Waals surface area contributed by atoms with Gasteiger partial charge in [-0.15, -0.1) is 0 Å². The highest BCUT2D eigenvalue weighted by atomic mass is 16.5. The average molecular weight is 450 g/mol. The molecule has 0 bridgehead atoms. The van der Waals surface area contributed by atoms with Crippen molar-refractivity contribution in [3.05, 3.63) is 71.6 Å². The summed E-state index contributed by atoms with van der Waals surface area (Å²) in [5, 5.41) is 27.4. The van der Waals surface area contributed by atoms with E-state index in [4.69, 9.17) is 14.3 Å². The van der Waals surface area contributed by atoms with E-state index in [0.717, 1.165) is 11.3 Å². The molecule has 8 nitrogen and oxygen atoms in total. The first kappa shape index (κ1) is 23.5. The molecule has 2 aromatic carbocycles. The largest absolute Gasteiger partial charge is 0.497 e. The van der Waals surface area contributed by atoms with Gasteiger partial charge < -0.3 is 24.7 Å². The average Bonchev–Trinajstić information content (AvgIpc) is 3.38. The van der Waals surface area contributed by atoms with E-state index < -0.39 is 5.97 Å². The fourth-order valence-electron chi connectivity index (χ4n) is 3.48. The molecule has 0 radical (unpaired) electrons. The number of ether oxygens (including phenoxy) is 1. The summed E-state index contributed by atoms with van der Waals surface area (Å²) in [6.07, 6.45) is 1.43. The fourth-order valence-corrected chi connectivity index (χ4v) is 3.48. The molecule has 0 aliphatic heterocycles. The first-order valence-corrected chi connectivity index (χ1v) is 10.5. The van der Waals surface area contributed by atoms with Gasteiger partial charge in [0.05, 0.1) is 35.3 Å². The molecule has 0 spiro atoms. The third-order valence-corrected chi connectivity index (χ3v) is 4.99. The molecule has 0 aliphatic carbocycles. The van der Waals surface area contributed by atoms with Gasteiger partial charge in [-0.2, -0.15) is 5.10 Å². The van der Waals surface area contributed by atoms with Crippen molar-refractivity contribution >= 4 is 17.5 Å². The number of para-hydroxylation sites is 1. The smallest absolute Gasteiger partial charge is 0.337 e. The number of hydrogen-bond donors (Lipinski definition) is 3. The van der Waals surface area contributed by atoms with Crippen molar-refractivity contribution < 1.29 is 24.2 Å². The van der Waals surface area contributed by atoms with Crippen LogP contribution in [0.5, 0.6) is 11.7 Å². The number of nitrogens with zero attached hydrogens (tertiary/aromatic N) is 2. The van der Waals surface area contributed by atoms with Crippen molar-refractivity contribution in [2.75, 3.05) is 12.4 Å². The van der Waals surface area contributed by atoms with Crippen molar-refractivity contribution in [3.63, 3.8) is 0 Å². The minimum atomic E-state index is -1.09. The van der Waals surface area contributed by atoms with E-state index in [-0.39, 0.29) is 11.5 Å². The number of anilines is 2. The summed E-state index contributed by atoms with van der Waals surface area (Å²) >= 11 is 0. The van der Waals surface area contributed by atoms with Gasteiger partial charge >= 0.3 is 5.97 Å². The van der Waals surface area contributed by atoms with Crippen LogP contribution in [0.1, 0.15) is 35.5 Å². The van der Waals surface area contributed by atoms with Crippen LogP contribution in [-0.4, -0.2) is 33.1 Å². The van der Waals surface area contributed by atoms with Crippen LogP contribution in [0.15, 0.2) is 59.2 Å². The lowest BCUT2D eigenvalue weighted by Crippen LogP contribution is -2.08. The number of aromatic hydroxyl groups is 1. The molecule has 4 rings (SSSR count). The predicted octanol–water partition coefficient (Wildman–Crippen LogP) is 5.93. The lowest BCUT2D eigenvalue weighted by molar-refractivity contribution is 0.0697. The first-order valence-electron chi connectivity index (χ1n) is 10.5. The van der Waals surface area contributed by atoms with Crippen LogP contribution < -0.4 is 10.1 Å². The maximum atomic E-state index is 11.9. The number of carbonyl (C=O) groups is 1. The molecule has 0 amide bonds. The molecule has 3 N–H and O–H groups in total. The summed E-state index contributed by atoms with van der Waals surface area (Å²) in [6, 6.07) is 14.0. The van der Waals surface area contributed by atoms with Crippen molar-refractivity contribution in [2.45, 2.75) is 27.7 Å². The Balaban J connectivity index is 0.00000149. The number of carboxylic acids is 1. The maximum absolute atomic E-state index is 11.9. The molecule has 8 heteroatoms. The first-order chi connectivity index (χ1) is 15.9. The Morgan fingerprint density at radius 1 is 1.12 bits per heavy atom. The summed E-state index contributed by atoms with van der Waals surface area (Å²) in [4.78, 5) is 11.9. The number of aromatic nitrogens is 2. The highest BCUT2D eigenvalue weighted by molar-refractivity contribution is 5.96. The van der Waals surface area contributed by atoms with Crippen LogP contribution in [0.25, 0.3) is 16.8 Å². The lowest BCUT2D eigenvalue weighted by Gasteiger charge is -2.15. The Kier molecular flexibility index (Phi) is 7.07. The van der Waals surface area contributed by atoms with E-state index in [1.54, 1.807) is 16.8 Å². The SMILES string of the molecule is CC.COc1ccc(Nc2c(-c3coc(O)c3)c(C)nn2-c2ccccc2C)c(C(=O)O)c1. The second-order valence-electron chi connectivity index (χ2n) is 7.02. The number of carboxylic acid groups (broad SMARTS) is 1. The van der Waals surface area contributed by atoms with Gasteiger partial charge in [-0.1, -0.05) is 32.0 Å². The number of aryl methyl sites for hydroxylation is 2. The Morgan fingerprint density at radius 3 is 2.45 bits per heavy atom. The van der Waals surface area contributed by atoms with Crippen LogP contribution in [-0.2, 0) is 0 Å². The molecule has 0 atom stereocenters. The Bertz CT molecular complexity index is 1270. The minimum Gasteiger partial charge on any atom is -0.497 e. The monoisotopic (exact) mass is 449 g/mol. The fraction of sp³-hybridized carbons (Fsp3) is 0.200. The molecule has 0 saturated carbocycles. The summed E-state index contributed by atoms with van der Waals surface area (Å²) in [5.41, 5.74) is 4.21. The summed E-state index contributed by atoms with van der Waals surface area (Å²) in [5.74, 6) is -0.339. The van der Waals surface area contributed by atoms with Gasteiger partial charge in [0.15, 0.2) is 0 Å². The summed E-state index contributed by atoms with van der Waals surface area (Å²) < 4.78 is 12.0. The van der Waals surface area contributed by atoms with Crippen molar-refractivity contribution in [1.82, 2.24) is 9.78 Å². The molecule has 2 heterocycles. The van der Waals surface area contributed by atoms with E-state index in [1.165, 1.54) is 25.5 Å². The Labute approximate surface area is 192 Å². The standard InChI is InChI=1S/C23H21N3O5.C2H6/c1-13-6-4-5-7-19(13)26-22(21(14(2)25-26)15-10-20(27)31-12-15)24-18-9-8-16(30-3)11-17(18)23(28)29;1-2/h4-12,24,27H,1-3H3,(H,28,29);1-2H3. The zero-order chi connectivity index (χ0) is 24.1. The number of rotatable bonds is 6. The lowest BCUT2D eigenvalue weighted by atomic mass is 10.1. The zero-order valence-electron chi connectivity index (χ0n) is 19.2. The van der Waals surface area contributed by atoms with Crippen LogP contribution in [0.4, 0.5) is 11.5 Å². The third-order valence-electron chi connectivity index (χ3n) is 4.99. The topological polar surface area (TPSA) is 110 Å². The van der Waals surface area contributed by atoms with Gasteiger partial charge in [0.1, 0.15) is 17.8 Å². The van der Waals surface area contributed by atoms with Gasteiger partial charge in [0.25, 0.3) is 5.95 Å². The second kappa shape index (κ2) is 9.95.